The van der Waals surface area contributed by atoms with Crippen LogP contribution in [-0.4, -0.2) is 0 Å². The number of furan rings is 1. The molecule has 2 unspecified atom stereocenters. The lowest BCUT2D eigenvalue weighted by Gasteiger charge is -2.34. The van der Waals surface area contributed by atoms with E-state index in [0.29, 0.717) is 11.8 Å². The van der Waals surface area contributed by atoms with Gasteiger partial charge in [0, 0.05) is 27.8 Å². The van der Waals surface area contributed by atoms with Crippen molar-refractivity contribution in [2.75, 3.05) is 4.90 Å². The molecule has 0 spiro atoms. The summed E-state index contributed by atoms with van der Waals surface area (Å²) in [5.41, 5.74) is 20.3. The normalized spacial score (nSPS) is 14.5. The van der Waals surface area contributed by atoms with Crippen LogP contribution in [0.3, 0.4) is 0 Å². The van der Waals surface area contributed by atoms with Gasteiger partial charge in [-0.3, -0.25) is 0 Å². The quantitative estimate of drug-likeness (QED) is 0.161. The highest BCUT2D eigenvalue weighted by Gasteiger charge is 2.29. The Labute approximate surface area is 351 Å². The molecule has 286 valence electrons. The van der Waals surface area contributed by atoms with Crippen LogP contribution in [0.4, 0.5) is 17.1 Å². The van der Waals surface area contributed by atoms with Crippen LogP contribution in [0, 0.1) is 0 Å². The van der Waals surface area contributed by atoms with Crippen LogP contribution in [0.25, 0.3) is 77.6 Å². The van der Waals surface area contributed by atoms with Crippen LogP contribution in [0.1, 0.15) is 36.8 Å². The molecule has 0 fully saturated rings. The predicted octanol–water partition coefficient (Wildman–Crippen LogP) is 16.6. The lowest BCUT2D eigenvalue weighted by atomic mass is 9.72. The van der Waals surface area contributed by atoms with Gasteiger partial charge in [0.15, 0.2) is 0 Å². The Morgan fingerprint density at radius 2 is 0.767 bits per heavy atom. The highest BCUT2D eigenvalue weighted by molar-refractivity contribution is 6.06. The van der Waals surface area contributed by atoms with E-state index in [2.05, 4.69) is 219 Å². The maximum atomic E-state index is 6.27. The second kappa shape index (κ2) is 14.8. The monoisotopic (exact) mass is 769 g/mol. The van der Waals surface area contributed by atoms with Gasteiger partial charge >= 0.3 is 0 Å². The Bertz CT molecular complexity index is 3160. The van der Waals surface area contributed by atoms with Gasteiger partial charge in [0.1, 0.15) is 11.2 Å². The first-order chi connectivity index (χ1) is 29.6. The van der Waals surface area contributed by atoms with Gasteiger partial charge in [0.25, 0.3) is 0 Å². The van der Waals surface area contributed by atoms with Crippen molar-refractivity contribution in [1.29, 1.82) is 0 Å². The van der Waals surface area contributed by atoms with Crippen LogP contribution in [0.15, 0.2) is 217 Å². The molecule has 1 aliphatic rings. The van der Waals surface area contributed by atoms with Crippen molar-refractivity contribution in [3.8, 4) is 55.6 Å². The number of rotatable bonds is 7. The number of nitrogens with zero attached hydrogens (tertiary/aromatic N) is 1. The van der Waals surface area contributed by atoms with E-state index >= 15 is 0 Å². The number of fused-ring (bicyclic) bond motifs is 6. The number of anilines is 3. The molecule has 0 saturated heterocycles. The molecule has 10 aromatic rings. The zero-order chi connectivity index (χ0) is 40.2. The minimum atomic E-state index is 0.340. The SMILES string of the molecule is CC1c2cc(-c3ccccc3)ccc2-c2ccc(N(c3ccc(-c4ccc5c(c4)oc4ccccc45)cc3)c3ccc(-c4ccccc4-c4ccccc4)cc3)cc2C1C. The van der Waals surface area contributed by atoms with E-state index in [4.69, 9.17) is 4.42 Å². The summed E-state index contributed by atoms with van der Waals surface area (Å²) >= 11 is 0. The first-order valence-electron chi connectivity index (χ1n) is 21.0. The molecule has 2 atom stereocenters. The van der Waals surface area contributed by atoms with Crippen LogP contribution >= 0.6 is 0 Å². The molecule has 0 saturated carbocycles. The number of para-hydroxylation sites is 1. The summed E-state index contributed by atoms with van der Waals surface area (Å²) in [5, 5.41) is 2.29. The van der Waals surface area contributed by atoms with Crippen molar-refractivity contribution >= 4 is 39.0 Å². The van der Waals surface area contributed by atoms with Crippen molar-refractivity contribution in [2.45, 2.75) is 25.7 Å². The minimum absolute atomic E-state index is 0.340. The molecular weight excluding hydrogens is 727 g/mol. The molecule has 1 heterocycles. The molecule has 0 radical (unpaired) electrons. The summed E-state index contributed by atoms with van der Waals surface area (Å²) in [6, 6.07) is 77.1. The second-order valence-electron chi connectivity index (χ2n) is 16.2. The average Bonchev–Trinajstić information content (AvgIpc) is 3.70. The maximum absolute atomic E-state index is 6.27. The lowest BCUT2D eigenvalue weighted by Crippen LogP contribution is -2.15. The second-order valence-corrected chi connectivity index (χ2v) is 16.2. The van der Waals surface area contributed by atoms with Crippen LogP contribution < -0.4 is 4.90 Å². The standard InChI is InChI=1S/C58H43NO/c1-38-39(2)56-37-48(31-34-52(56)51-32-25-44(35-55(38)51)40-13-5-3-6-14-40)59(47-29-23-43(24-30-47)50-18-10-9-17-49(50)42-15-7-4-8-16-42)46-27-21-41(22-28-46)45-26-33-54-53-19-11-12-20-57(53)60-58(54)36-45/h3-39H,1-2H3. The Kier molecular flexibility index (Phi) is 8.78. The smallest absolute Gasteiger partial charge is 0.136 e. The van der Waals surface area contributed by atoms with E-state index in [1.807, 2.05) is 12.1 Å². The summed E-state index contributed by atoms with van der Waals surface area (Å²) in [6.45, 7) is 4.78. The third-order valence-electron chi connectivity index (χ3n) is 12.8. The Morgan fingerprint density at radius 1 is 0.317 bits per heavy atom. The summed E-state index contributed by atoms with van der Waals surface area (Å²) in [4.78, 5) is 2.41. The Hall–Kier alpha value is -7.42. The van der Waals surface area contributed by atoms with Gasteiger partial charge in [-0.1, -0.05) is 172 Å². The highest BCUT2D eigenvalue weighted by Crippen LogP contribution is 2.50. The Morgan fingerprint density at radius 3 is 1.45 bits per heavy atom. The van der Waals surface area contributed by atoms with Gasteiger partial charge in [0.2, 0.25) is 0 Å². The zero-order valence-electron chi connectivity index (χ0n) is 33.7. The highest BCUT2D eigenvalue weighted by atomic mass is 16.3. The molecule has 0 N–H and O–H groups in total. The van der Waals surface area contributed by atoms with Crippen LogP contribution in [0.5, 0.6) is 0 Å². The van der Waals surface area contributed by atoms with Gasteiger partial charge in [-0.05, 0) is 133 Å². The first kappa shape index (κ1) is 35.7. The molecule has 9 aromatic carbocycles. The molecule has 1 aromatic heterocycles. The summed E-state index contributed by atoms with van der Waals surface area (Å²) in [5.74, 6) is 0.708. The van der Waals surface area contributed by atoms with E-state index in [1.54, 1.807) is 0 Å². The van der Waals surface area contributed by atoms with E-state index in [0.717, 1.165) is 50.1 Å². The van der Waals surface area contributed by atoms with Crippen molar-refractivity contribution in [3.63, 3.8) is 0 Å². The fourth-order valence-corrected chi connectivity index (χ4v) is 9.39. The van der Waals surface area contributed by atoms with Gasteiger partial charge in [-0.15, -0.1) is 0 Å². The third kappa shape index (κ3) is 6.20. The van der Waals surface area contributed by atoms with Crippen LogP contribution in [0.2, 0.25) is 0 Å². The lowest BCUT2D eigenvalue weighted by molar-refractivity contribution is 0.616. The summed E-state index contributed by atoms with van der Waals surface area (Å²) < 4.78 is 6.27. The van der Waals surface area contributed by atoms with Gasteiger partial charge in [-0.25, -0.2) is 0 Å². The minimum Gasteiger partial charge on any atom is -0.456 e. The molecule has 2 nitrogen and oxygen atoms in total. The van der Waals surface area contributed by atoms with E-state index in [9.17, 15) is 0 Å². The number of hydrogen-bond donors (Lipinski definition) is 0. The molecule has 11 rings (SSSR count). The largest absolute Gasteiger partial charge is 0.456 e. The fraction of sp³-hybridized carbons (Fsp3) is 0.0690. The first-order valence-corrected chi connectivity index (χ1v) is 21.0. The number of hydrogen-bond acceptors (Lipinski definition) is 2. The van der Waals surface area contributed by atoms with Crippen LogP contribution in [-0.2, 0) is 0 Å². The molecular formula is C58H43NO. The Balaban J connectivity index is 0.999. The number of benzene rings is 9. The topological polar surface area (TPSA) is 16.4 Å². The van der Waals surface area contributed by atoms with Gasteiger partial charge < -0.3 is 9.32 Å². The summed E-state index contributed by atoms with van der Waals surface area (Å²) in [7, 11) is 0. The van der Waals surface area contributed by atoms with E-state index in [1.165, 1.54) is 55.6 Å². The molecule has 0 bridgehead atoms. The predicted molar refractivity (Wildman–Crippen MR) is 252 cm³/mol. The fourth-order valence-electron chi connectivity index (χ4n) is 9.39. The van der Waals surface area contributed by atoms with Crippen molar-refractivity contribution in [3.05, 3.63) is 223 Å². The molecule has 0 aliphatic heterocycles. The van der Waals surface area contributed by atoms with Crippen molar-refractivity contribution < 1.29 is 4.42 Å². The van der Waals surface area contributed by atoms with E-state index in [-0.39, 0.29) is 0 Å². The van der Waals surface area contributed by atoms with Gasteiger partial charge in [-0.2, -0.15) is 0 Å². The third-order valence-corrected chi connectivity index (χ3v) is 12.8. The molecule has 1 aliphatic carbocycles. The maximum Gasteiger partial charge on any atom is 0.136 e. The van der Waals surface area contributed by atoms with Gasteiger partial charge in [0.05, 0.1) is 0 Å². The zero-order valence-corrected chi connectivity index (χ0v) is 33.7. The van der Waals surface area contributed by atoms with E-state index < -0.39 is 0 Å². The molecule has 60 heavy (non-hydrogen) atoms. The molecule has 2 heteroatoms. The van der Waals surface area contributed by atoms with Crippen molar-refractivity contribution in [1.82, 2.24) is 0 Å². The van der Waals surface area contributed by atoms with Crippen molar-refractivity contribution in [2.24, 2.45) is 0 Å². The molecule has 0 amide bonds. The average molecular weight is 770 g/mol. The summed E-state index contributed by atoms with van der Waals surface area (Å²) in [6.07, 6.45) is 0.